The van der Waals surface area contributed by atoms with Crippen molar-refractivity contribution in [2.24, 2.45) is 13.0 Å². The van der Waals surface area contributed by atoms with Crippen LogP contribution in [0.25, 0.3) is 6.08 Å². The molecule has 0 aliphatic carbocycles. The number of amides is 1. The van der Waals surface area contributed by atoms with Crippen LogP contribution in [0.4, 0.5) is 0 Å². The van der Waals surface area contributed by atoms with Crippen molar-refractivity contribution in [3.8, 4) is 0 Å². The van der Waals surface area contributed by atoms with Gasteiger partial charge in [0.1, 0.15) is 0 Å². The molecule has 1 aromatic rings. The molecule has 0 radical (unpaired) electrons. The zero-order valence-corrected chi connectivity index (χ0v) is 12.3. The average molecular weight is 261 g/mol. The van der Waals surface area contributed by atoms with Gasteiger partial charge in [0, 0.05) is 37.5 Å². The Morgan fingerprint density at radius 2 is 2.16 bits per heavy atom. The van der Waals surface area contributed by atoms with Crippen LogP contribution in [-0.4, -0.2) is 33.7 Å². The fraction of sp³-hybridized carbons (Fsp3) is 0.600. The second kappa shape index (κ2) is 5.59. The standard InChI is InChI=1S/C15H23N3O/c1-11-6-5-9-18(10-11)15(19)8-7-14-12(2)16-17(4)13(14)3/h7-8,11H,5-6,9-10H2,1-4H3/b8-7+. The molecule has 1 aliphatic rings. The Balaban J connectivity index is 2.07. The van der Waals surface area contributed by atoms with Gasteiger partial charge < -0.3 is 4.90 Å². The van der Waals surface area contributed by atoms with Gasteiger partial charge in [-0.05, 0) is 38.7 Å². The summed E-state index contributed by atoms with van der Waals surface area (Å²) in [4.78, 5) is 14.1. The molecule has 104 valence electrons. The molecule has 1 atom stereocenters. The summed E-state index contributed by atoms with van der Waals surface area (Å²) >= 11 is 0. The number of piperidine rings is 1. The van der Waals surface area contributed by atoms with Gasteiger partial charge in [0.2, 0.25) is 5.91 Å². The van der Waals surface area contributed by atoms with Crippen LogP contribution in [0.1, 0.15) is 36.7 Å². The summed E-state index contributed by atoms with van der Waals surface area (Å²) in [6, 6.07) is 0. The predicted octanol–water partition coefficient (Wildman–Crippen LogP) is 2.31. The molecule has 2 rings (SSSR count). The highest BCUT2D eigenvalue weighted by Gasteiger charge is 2.19. The zero-order chi connectivity index (χ0) is 14.0. The lowest BCUT2D eigenvalue weighted by molar-refractivity contribution is -0.127. The first-order valence-electron chi connectivity index (χ1n) is 6.96. The molecule has 4 nitrogen and oxygen atoms in total. The van der Waals surface area contributed by atoms with Crippen LogP contribution in [0.5, 0.6) is 0 Å². The number of hydrogen-bond donors (Lipinski definition) is 0. The molecule has 4 heteroatoms. The third kappa shape index (κ3) is 3.06. The summed E-state index contributed by atoms with van der Waals surface area (Å²) in [5.41, 5.74) is 3.12. The molecule has 1 aromatic heterocycles. The summed E-state index contributed by atoms with van der Waals surface area (Å²) < 4.78 is 1.85. The number of nitrogens with zero attached hydrogens (tertiary/aromatic N) is 3. The molecule has 0 spiro atoms. The smallest absolute Gasteiger partial charge is 0.246 e. The number of hydrogen-bond acceptors (Lipinski definition) is 2. The molecular formula is C15H23N3O. The molecule has 19 heavy (non-hydrogen) atoms. The number of carbonyl (C=O) groups excluding carboxylic acids is 1. The van der Waals surface area contributed by atoms with Crippen LogP contribution in [0.2, 0.25) is 0 Å². The minimum atomic E-state index is 0.120. The van der Waals surface area contributed by atoms with E-state index >= 15 is 0 Å². The average Bonchev–Trinajstić information content (AvgIpc) is 2.61. The third-order valence-electron chi connectivity index (χ3n) is 3.93. The number of aromatic nitrogens is 2. The molecule has 0 bridgehead atoms. The third-order valence-corrected chi connectivity index (χ3v) is 3.93. The Morgan fingerprint density at radius 1 is 1.42 bits per heavy atom. The van der Waals surface area contributed by atoms with Gasteiger partial charge in [-0.2, -0.15) is 5.10 Å². The van der Waals surface area contributed by atoms with Crippen LogP contribution in [0.15, 0.2) is 6.08 Å². The van der Waals surface area contributed by atoms with E-state index in [0.717, 1.165) is 36.5 Å². The fourth-order valence-electron chi connectivity index (χ4n) is 2.68. The number of carbonyl (C=O) groups is 1. The van der Waals surface area contributed by atoms with Crippen LogP contribution >= 0.6 is 0 Å². The highest BCUT2D eigenvalue weighted by atomic mass is 16.2. The van der Waals surface area contributed by atoms with E-state index in [0.29, 0.717) is 5.92 Å². The van der Waals surface area contributed by atoms with E-state index in [1.165, 1.54) is 6.42 Å². The highest BCUT2D eigenvalue weighted by Crippen LogP contribution is 2.17. The van der Waals surface area contributed by atoms with Gasteiger partial charge in [0.25, 0.3) is 0 Å². The largest absolute Gasteiger partial charge is 0.339 e. The van der Waals surface area contributed by atoms with E-state index in [1.54, 1.807) is 6.08 Å². The van der Waals surface area contributed by atoms with E-state index in [2.05, 4.69) is 12.0 Å². The van der Waals surface area contributed by atoms with Crippen molar-refractivity contribution in [2.75, 3.05) is 13.1 Å². The molecule has 0 saturated carbocycles. The molecule has 2 heterocycles. The van der Waals surface area contributed by atoms with Gasteiger partial charge in [-0.1, -0.05) is 6.92 Å². The van der Waals surface area contributed by atoms with Gasteiger partial charge in [-0.25, -0.2) is 0 Å². The van der Waals surface area contributed by atoms with E-state index < -0.39 is 0 Å². The van der Waals surface area contributed by atoms with Gasteiger partial charge >= 0.3 is 0 Å². The van der Waals surface area contributed by atoms with Gasteiger partial charge in [-0.3, -0.25) is 9.48 Å². The zero-order valence-electron chi connectivity index (χ0n) is 12.3. The summed E-state index contributed by atoms with van der Waals surface area (Å²) in [5, 5.41) is 4.35. The Morgan fingerprint density at radius 3 is 2.74 bits per heavy atom. The number of aryl methyl sites for hydroxylation is 2. The van der Waals surface area contributed by atoms with Crippen LogP contribution < -0.4 is 0 Å². The summed E-state index contributed by atoms with van der Waals surface area (Å²) in [7, 11) is 1.92. The lowest BCUT2D eigenvalue weighted by Crippen LogP contribution is -2.38. The second-order valence-electron chi connectivity index (χ2n) is 5.57. The molecule has 1 aliphatic heterocycles. The quantitative estimate of drug-likeness (QED) is 0.766. The van der Waals surface area contributed by atoms with Crippen molar-refractivity contribution in [3.05, 3.63) is 23.0 Å². The molecular weight excluding hydrogens is 238 g/mol. The van der Waals surface area contributed by atoms with E-state index in [4.69, 9.17) is 0 Å². The number of rotatable bonds is 2. The van der Waals surface area contributed by atoms with Crippen LogP contribution in [-0.2, 0) is 11.8 Å². The van der Waals surface area contributed by atoms with Gasteiger partial charge in [0.05, 0.1) is 5.69 Å². The van der Waals surface area contributed by atoms with Crippen molar-refractivity contribution in [2.45, 2.75) is 33.6 Å². The van der Waals surface area contributed by atoms with Gasteiger partial charge in [0.15, 0.2) is 0 Å². The van der Waals surface area contributed by atoms with Crippen molar-refractivity contribution in [1.82, 2.24) is 14.7 Å². The monoisotopic (exact) mass is 261 g/mol. The lowest BCUT2D eigenvalue weighted by atomic mass is 10.0. The lowest BCUT2D eigenvalue weighted by Gasteiger charge is -2.30. The fourth-order valence-corrected chi connectivity index (χ4v) is 2.68. The van der Waals surface area contributed by atoms with E-state index in [-0.39, 0.29) is 5.91 Å². The Hall–Kier alpha value is -1.58. The second-order valence-corrected chi connectivity index (χ2v) is 5.57. The number of likely N-dealkylation sites (tertiary alicyclic amines) is 1. The summed E-state index contributed by atoms with van der Waals surface area (Å²) in [6.45, 7) is 7.97. The SMILES string of the molecule is Cc1nn(C)c(C)c1/C=C/C(=O)N1CCCC(C)C1. The summed E-state index contributed by atoms with van der Waals surface area (Å²) in [6.07, 6.45) is 5.94. The van der Waals surface area contributed by atoms with E-state index in [9.17, 15) is 4.79 Å². The van der Waals surface area contributed by atoms with Crippen molar-refractivity contribution >= 4 is 12.0 Å². The van der Waals surface area contributed by atoms with Crippen molar-refractivity contribution < 1.29 is 4.79 Å². The van der Waals surface area contributed by atoms with Crippen molar-refractivity contribution in [1.29, 1.82) is 0 Å². The Bertz CT molecular complexity index is 502. The first kappa shape index (κ1) is 13.8. The summed E-state index contributed by atoms with van der Waals surface area (Å²) in [5.74, 6) is 0.738. The highest BCUT2D eigenvalue weighted by molar-refractivity contribution is 5.92. The maximum absolute atomic E-state index is 12.2. The van der Waals surface area contributed by atoms with Crippen LogP contribution in [0, 0.1) is 19.8 Å². The molecule has 1 fully saturated rings. The van der Waals surface area contributed by atoms with Crippen molar-refractivity contribution in [3.63, 3.8) is 0 Å². The molecule has 1 unspecified atom stereocenters. The normalized spacial score (nSPS) is 20.2. The Kier molecular flexibility index (Phi) is 4.08. The molecule has 0 aromatic carbocycles. The predicted molar refractivity (Wildman–Crippen MR) is 76.7 cm³/mol. The Labute approximate surface area is 115 Å². The maximum Gasteiger partial charge on any atom is 0.246 e. The molecule has 1 saturated heterocycles. The molecule has 0 N–H and O–H groups in total. The van der Waals surface area contributed by atoms with Crippen LogP contribution in [0.3, 0.4) is 0 Å². The topological polar surface area (TPSA) is 38.1 Å². The first-order valence-corrected chi connectivity index (χ1v) is 6.96. The van der Waals surface area contributed by atoms with E-state index in [1.807, 2.05) is 36.6 Å². The van der Waals surface area contributed by atoms with Gasteiger partial charge in [-0.15, -0.1) is 0 Å². The minimum absolute atomic E-state index is 0.120. The first-order chi connectivity index (χ1) is 8.99. The minimum Gasteiger partial charge on any atom is -0.339 e. The molecule has 1 amide bonds. The maximum atomic E-state index is 12.2.